The Kier molecular flexibility index (Phi) is 5.42. The highest BCUT2D eigenvalue weighted by Crippen LogP contribution is 2.34. The zero-order valence-corrected chi connectivity index (χ0v) is 17.7. The molecule has 1 N–H and O–H groups in total. The zero-order chi connectivity index (χ0) is 21.2. The number of nitrogens with zero attached hydrogens (tertiary/aromatic N) is 4. The second-order valence-corrected chi connectivity index (χ2v) is 8.45. The number of methoxy groups -OCH3 is 1. The molecule has 3 heterocycles. The number of hydrogen-bond donors (Lipinski definition) is 1. The average Bonchev–Trinajstić information content (AvgIpc) is 3.39. The first-order valence-electron chi connectivity index (χ1n) is 10.8. The maximum Gasteiger partial charge on any atom is 0.289 e. The normalized spacial score (nSPS) is 20.2. The molecule has 160 valence electrons. The van der Waals surface area contributed by atoms with Crippen molar-refractivity contribution < 1.29 is 9.53 Å². The van der Waals surface area contributed by atoms with Gasteiger partial charge in [0.1, 0.15) is 11.6 Å². The van der Waals surface area contributed by atoms with Crippen LogP contribution in [0, 0.1) is 11.8 Å². The van der Waals surface area contributed by atoms with Crippen molar-refractivity contribution in [2.24, 2.45) is 11.8 Å². The Bertz CT molecular complexity index is 1060. The molecule has 2 aromatic carbocycles. The number of para-hydroxylation sites is 1. The Morgan fingerprint density at radius 2 is 1.81 bits per heavy atom. The Balaban J connectivity index is 1.24. The fourth-order valence-electron chi connectivity index (χ4n) is 4.85. The minimum absolute atomic E-state index is 0.162. The van der Waals surface area contributed by atoms with Crippen LogP contribution in [0.25, 0.3) is 0 Å². The van der Waals surface area contributed by atoms with Gasteiger partial charge in [-0.3, -0.25) is 9.69 Å². The first-order chi connectivity index (χ1) is 15.2. The van der Waals surface area contributed by atoms with Crippen LogP contribution >= 0.6 is 0 Å². The summed E-state index contributed by atoms with van der Waals surface area (Å²) in [4.78, 5) is 15.2. The number of ether oxygens (including phenoxy) is 1. The molecule has 2 aliphatic heterocycles. The molecule has 1 aromatic heterocycles. The molecule has 1 fully saturated rings. The van der Waals surface area contributed by atoms with Gasteiger partial charge < -0.3 is 14.6 Å². The van der Waals surface area contributed by atoms with Gasteiger partial charge in [0, 0.05) is 44.7 Å². The van der Waals surface area contributed by atoms with Gasteiger partial charge >= 0.3 is 0 Å². The minimum atomic E-state index is -0.162. The van der Waals surface area contributed by atoms with Gasteiger partial charge in [-0.15, -0.1) is 10.2 Å². The van der Waals surface area contributed by atoms with E-state index in [2.05, 4.69) is 32.5 Å². The second-order valence-electron chi connectivity index (χ2n) is 8.45. The third-order valence-electron chi connectivity index (χ3n) is 6.43. The van der Waals surface area contributed by atoms with Crippen molar-refractivity contribution >= 4 is 5.91 Å². The molecule has 7 nitrogen and oxygen atoms in total. The number of rotatable bonds is 6. The highest BCUT2D eigenvalue weighted by molar-refractivity contribution is 5.90. The quantitative estimate of drug-likeness (QED) is 0.667. The Morgan fingerprint density at radius 1 is 1.03 bits per heavy atom. The summed E-state index contributed by atoms with van der Waals surface area (Å²) in [6.45, 7) is 4.20. The van der Waals surface area contributed by atoms with Crippen molar-refractivity contribution in [1.29, 1.82) is 0 Å². The Labute approximate surface area is 182 Å². The zero-order valence-electron chi connectivity index (χ0n) is 17.7. The van der Waals surface area contributed by atoms with Crippen LogP contribution in [-0.2, 0) is 26.1 Å². The van der Waals surface area contributed by atoms with E-state index in [9.17, 15) is 4.79 Å². The summed E-state index contributed by atoms with van der Waals surface area (Å²) in [5.74, 6) is 3.17. The molecule has 7 heteroatoms. The second kappa shape index (κ2) is 8.51. The van der Waals surface area contributed by atoms with Crippen LogP contribution in [0.15, 0.2) is 54.6 Å². The Morgan fingerprint density at radius 3 is 2.65 bits per heavy atom. The topological polar surface area (TPSA) is 72.3 Å². The molecule has 5 rings (SSSR count). The molecule has 0 aliphatic carbocycles. The van der Waals surface area contributed by atoms with Gasteiger partial charge in [-0.1, -0.05) is 48.5 Å². The average molecular weight is 418 g/mol. The summed E-state index contributed by atoms with van der Waals surface area (Å²) >= 11 is 0. The fourth-order valence-corrected chi connectivity index (χ4v) is 4.85. The summed E-state index contributed by atoms with van der Waals surface area (Å²) in [7, 11) is 1.72. The maximum atomic E-state index is 12.8. The first-order valence-corrected chi connectivity index (χ1v) is 10.8. The van der Waals surface area contributed by atoms with Crippen LogP contribution in [0.5, 0.6) is 5.75 Å². The van der Waals surface area contributed by atoms with E-state index in [-0.39, 0.29) is 5.91 Å². The molecule has 0 spiro atoms. The molecule has 2 atom stereocenters. The molecule has 0 radical (unpaired) electrons. The number of fused-ring (bicyclic) bond motifs is 2. The maximum absolute atomic E-state index is 12.8. The van der Waals surface area contributed by atoms with Gasteiger partial charge in [-0.25, -0.2) is 0 Å². The van der Waals surface area contributed by atoms with E-state index in [1.54, 1.807) is 7.11 Å². The molecular weight excluding hydrogens is 390 g/mol. The van der Waals surface area contributed by atoms with E-state index in [1.807, 2.05) is 47.0 Å². The number of carbonyl (C=O) groups excluding carboxylic acids is 1. The predicted octanol–water partition coefficient (Wildman–Crippen LogP) is 2.52. The fraction of sp³-hybridized carbons (Fsp3) is 0.375. The van der Waals surface area contributed by atoms with Crippen molar-refractivity contribution in [2.75, 3.05) is 20.2 Å². The summed E-state index contributed by atoms with van der Waals surface area (Å²) in [5.41, 5.74) is 2.28. The van der Waals surface area contributed by atoms with Crippen LogP contribution < -0.4 is 10.1 Å². The summed E-state index contributed by atoms with van der Waals surface area (Å²) in [6.07, 6.45) is 0.867. The van der Waals surface area contributed by atoms with Gasteiger partial charge in [0.2, 0.25) is 5.82 Å². The SMILES string of the molecule is COc1ccccc1CN1C[C@H]2Cc3nnc(C(=O)NCc4ccccc4)n3C[C@H]2C1. The first kappa shape index (κ1) is 19.8. The van der Waals surface area contributed by atoms with Crippen LogP contribution in [-0.4, -0.2) is 45.8 Å². The number of amides is 1. The molecular formula is C24H27N5O2. The van der Waals surface area contributed by atoms with Crippen LogP contribution in [0.1, 0.15) is 27.6 Å². The lowest BCUT2D eigenvalue weighted by molar-refractivity contribution is 0.0932. The third kappa shape index (κ3) is 4.05. The number of nitrogens with one attached hydrogen (secondary N) is 1. The highest BCUT2D eigenvalue weighted by Gasteiger charge is 2.39. The number of aromatic nitrogens is 3. The largest absolute Gasteiger partial charge is 0.496 e. The highest BCUT2D eigenvalue weighted by atomic mass is 16.5. The summed E-state index contributed by atoms with van der Waals surface area (Å²) < 4.78 is 7.54. The smallest absolute Gasteiger partial charge is 0.289 e. The van der Waals surface area contributed by atoms with Crippen LogP contribution in [0.2, 0.25) is 0 Å². The number of carbonyl (C=O) groups is 1. The lowest BCUT2D eigenvalue weighted by Crippen LogP contribution is -2.32. The van der Waals surface area contributed by atoms with E-state index in [0.29, 0.717) is 24.2 Å². The van der Waals surface area contributed by atoms with Gasteiger partial charge in [-0.05, 0) is 23.5 Å². The third-order valence-corrected chi connectivity index (χ3v) is 6.43. The number of benzene rings is 2. The molecule has 0 saturated carbocycles. The Hall–Kier alpha value is -3.19. The predicted molar refractivity (Wildman–Crippen MR) is 117 cm³/mol. The number of hydrogen-bond acceptors (Lipinski definition) is 5. The summed E-state index contributed by atoms with van der Waals surface area (Å²) in [5, 5.41) is 11.5. The summed E-state index contributed by atoms with van der Waals surface area (Å²) in [6, 6.07) is 18.1. The van der Waals surface area contributed by atoms with Crippen molar-refractivity contribution in [2.45, 2.75) is 26.1 Å². The molecule has 31 heavy (non-hydrogen) atoms. The van der Waals surface area contributed by atoms with Crippen molar-refractivity contribution in [3.8, 4) is 5.75 Å². The van der Waals surface area contributed by atoms with Gasteiger partial charge in [0.25, 0.3) is 5.91 Å². The molecule has 1 saturated heterocycles. The van der Waals surface area contributed by atoms with E-state index in [4.69, 9.17) is 4.74 Å². The number of likely N-dealkylation sites (tertiary alicyclic amines) is 1. The van der Waals surface area contributed by atoms with E-state index in [1.165, 1.54) is 5.56 Å². The molecule has 3 aromatic rings. The standard InChI is InChI=1S/C24H27N5O2/c1-31-21-10-6-5-9-18(21)13-28-14-19-11-22-26-27-23(29(22)16-20(19)15-28)24(30)25-12-17-7-3-2-4-8-17/h2-10,19-20H,11-16H2,1H3,(H,25,30)/t19-,20-/m1/s1. The lowest BCUT2D eigenvalue weighted by Gasteiger charge is -2.25. The van der Waals surface area contributed by atoms with Gasteiger partial charge in [0.15, 0.2) is 0 Å². The van der Waals surface area contributed by atoms with E-state index < -0.39 is 0 Å². The van der Waals surface area contributed by atoms with Crippen molar-refractivity contribution in [3.05, 3.63) is 77.4 Å². The van der Waals surface area contributed by atoms with Crippen molar-refractivity contribution in [3.63, 3.8) is 0 Å². The van der Waals surface area contributed by atoms with Gasteiger partial charge in [0.05, 0.1) is 7.11 Å². The van der Waals surface area contributed by atoms with E-state index in [0.717, 1.165) is 49.7 Å². The van der Waals surface area contributed by atoms with Crippen LogP contribution in [0.4, 0.5) is 0 Å². The molecule has 0 bridgehead atoms. The molecule has 2 aliphatic rings. The minimum Gasteiger partial charge on any atom is -0.496 e. The van der Waals surface area contributed by atoms with E-state index >= 15 is 0 Å². The van der Waals surface area contributed by atoms with Gasteiger partial charge in [-0.2, -0.15) is 0 Å². The van der Waals surface area contributed by atoms with Crippen LogP contribution in [0.3, 0.4) is 0 Å². The monoisotopic (exact) mass is 417 g/mol. The molecule has 1 amide bonds. The molecule has 0 unspecified atom stereocenters. The lowest BCUT2D eigenvalue weighted by atomic mass is 9.89. The van der Waals surface area contributed by atoms with Crippen molar-refractivity contribution in [1.82, 2.24) is 25.0 Å².